The molecule has 3 atom stereocenters. The van der Waals surface area contributed by atoms with E-state index in [-0.39, 0.29) is 12.5 Å². The first-order chi connectivity index (χ1) is 7.60. The highest BCUT2D eigenvalue weighted by Gasteiger charge is 2.31. The van der Waals surface area contributed by atoms with Crippen LogP contribution in [0.2, 0.25) is 0 Å². The van der Waals surface area contributed by atoms with Gasteiger partial charge < -0.3 is 15.1 Å². The van der Waals surface area contributed by atoms with Crippen molar-refractivity contribution in [3.8, 4) is 0 Å². The molecule has 1 aliphatic rings. The summed E-state index contributed by atoms with van der Waals surface area (Å²) < 4.78 is 13.6. The molecule has 1 aliphatic heterocycles. The number of aliphatic hydroxyl groups is 2. The van der Waals surface area contributed by atoms with E-state index in [0.717, 1.165) is 12.5 Å². The summed E-state index contributed by atoms with van der Waals surface area (Å²) >= 11 is 0. The molecule has 0 aromatic carbocycles. The van der Waals surface area contributed by atoms with E-state index < -0.39 is 18.2 Å². The van der Waals surface area contributed by atoms with Crippen LogP contribution in [0.25, 0.3) is 0 Å². The van der Waals surface area contributed by atoms with Gasteiger partial charge in [0.1, 0.15) is 6.17 Å². The third-order valence-electron chi connectivity index (χ3n) is 3.03. The van der Waals surface area contributed by atoms with Crippen molar-refractivity contribution >= 4 is 5.91 Å². The van der Waals surface area contributed by atoms with Crippen LogP contribution in [0, 0.1) is 5.92 Å². The van der Waals surface area contributed by atoms with Gasteiger partial charge in [0.25, 0.3) is 5.91 Å². The molecular weight excluding hydrogens is 213 g/mol. The molecule has 16 heavy (non-hydrogen) atoms. The van der Waals surface area contributed by atoms with Crippen molar-refractivity contribution in [2.75, 3.05) is 13.1 Å². The average Bonchev–Trinajstić information content (AvgIpc) is 2.28. The van der Waals surface area contributed by atoms with Crippen LogP contribution in [0.3, 0.4) is 0 Å². The molecule has 0 aliphatic carbocycles. The number of alkyl halides is 1. The lowest BCUT2D eigenvalue weighted by atomic mass is 9.92. The average molecular weight is 231 g/mol. The highest BCUT2D eigenvalue weighted by Crippen LogP contribution is 2.23. The summed E-state index contributed by atoms with van der Waals surface area (Å²) in [5.41, 5.74) is 0. The number of piperidine rings is 1. The fraction of sp³-hybridized carbons (Fsp3) is 0.727. The van der Waals surface area contributed by atoms with E-state index in [0.29, 0.717) is 19.2 Å². The molecule has 1 amide bonds. The number of rotatable bonds is 3. The smallest absolute Gasteiger partial charge is 0.255 e. The summed E-state index contributed by atoms with van der Waals surface area (Å²) in [5, 5.41) is 17.7. The summed E-state index contributed by atoms with van der Waals surface area (Å²) in [7, 11) is 0. The fourth-order valence-corrected chi connectivity index (χ4v) is 1.96. The molecule has 0 aromatic rings. The molecule has 2 N–H and O–H groups in total. The highest BCUT2D eigenvalue weighted by molar-refractivity contribution is 5.82. The molecule has 0 bridgehead atoms. The van der Waals surface area contributed by atoms with Crippen LogP contribution >= 0.6 is 0 Å². The SMILES string of the molecule is CC[C@H]1CCN(C(=O)[C@@H](O)/C=C/O)C[C@H]1F. The molecule has 1 heterocycles. The zero-order valence-corrected chi connectivity index (χ0v) is 9.34. The Labute approximate surface area is 94.4 Å². The number of amides is 1. The molecule has 0 saturated carbocycles. The number of hydrogen-bond donors (Lipinski definition) is 2. The van der Waals surface area contributed by atoms with E-state index in [9.17, 15) is 14.3 Å². The first kappa shape index (κ1) is 13.0. The monoisotopic (exact) mass is 231 g/mol. The lowest BCUT2D eigenvalue weighted by Gasteiger charge is -2.34. The summed E-state index contributed by atoms with van der Waals surface area (Å²) in [5.74, 6) is -0.544. The van der Waals surface area contributed by atoms with E-state index in [4.69, 9.17) is 5.11 Å². The summed E-state index contributed by atoms with van der Waals surface area (Å²) in [6.07, 6.45) is 0.584. The summed E-state index contributed by atoms with van der Waals surface area (Å²) in [6.45, 7) is 2.43. The largest absolute Gasteiger partial charge is 0.516 e. The molecule has 92 valence electrons. The Morgan fingerprint density at radius 1 is 1.69 bits per heavy atom. The van der Waals surface area contributed by atoms with Gasteiger partial charge in [0.2, 0.25) is 0 Å². The second-order valence-electron chi connectivity index (χ2n) is 4.04. The van der Waals surface area contributed by atoms with E-state index in [2.05, 4.69) is 0 Å². The number of likely N-dealkylation sites (tertiary alicyclic amines) is 1. The Morgan fingerprint density at radius 3 is 2.88 bits per heavy atom. The normalized spacial score (nSPS) is 28.3. The predicted octanol–water partition coefficient (Wildman–Crippen LogP) is 1.02. The lowest BCUT2D eigenvalue weighted by molar-refractivity contribution is -0.140. The van der Waals surface area contributed by atoms with Gasteiger partial charge in [-0.3, -0.25) is 4.79 Å². The zero-order valence-electron chi connectivity index (χ0n) is 9.34. The highest BCUT2D eigenvalue weighted by atomic mass is 19.1. The minimum Gasteiger partial charge on any atom is -0.516 e. The second kappa shape index (κ2) is 5.84. The van der Waals surface area contributed by atoms with Gasteiger partial charge in [-0.15, -0.1) is 0 Å². The first-order valence-electron chi connectivity index (χ1n) is 5.52. The molecule has 4 nitrogen and oxygen atoms in total. The third-order valence-corrected chi connectivity index (χ3v) is 3.03. The Hall–Kier alpha value is -1.10. The zero-order chi connectivity index (χ0) is 12.1. The van der Waals surface area contributed by atoms with Gasteiger partial charge >= 0.3 is 0 Å². The van der Waals surface area contributed by atoms with Crippen molar-refractivity contribution in [2.45, 2.75) is 32.0 Å². The maximum Gasteiger partial charge on any atom is 0.255 e. The van der Waals surface area contributed by atoms with Crippen LogP contribution < -0.4 is 0 Å². The molecule has 0 aromatic heterocycles. The topological polar surface area (TPSA) is 60.8 Å². The number of halogens is 1. The van der Waals surface area contributed by atoms with E-state index in [1.54, 1.807) is 0 Å². The molecule has 0 unspecified atom stereocenters. The molecule has 1 saturated heterocycles. The Bertz CT molecular complexity index is 270. The minimum absolute atomic E-state index is 0.00887. The fourth-order valence-electron chi connectivity index (χ4n) is 1.96. The standard InChI is InChI=1S/C11H18FNO3/c1-2-8-3-5-13(7-9(8)12)11(16)10(15)4-6-14/h4,6,8-10,14-15H,2-3,5,7H2,1H3/b6-4+/t8-,9+,10-/m0/s1. The van der Waals surface area contributed by atoms with E-state index in [1.807, 2.05) is 6.92 Å². The van der Waals surface area contributed by atoms with E-state index >= 15 is 0 Å². The van der Waals surface area contributed by atoms with Crippen LogP contribution in [0.1, 0.15) is 19.8 Å². The van der Waals surface area contributed by atoms with Crippen LogP contribution in [0.5, 0.6) is 0 Å². The van der Waals surface area contributed by atoms with Crippen LogP contribution in [0.15, 0.2) is 12.3 Å². The maximum absolute atomic E-state index is 13.6. The van der Waals surface area contributed by atoms with E-state index in [1.165, 1.54) is 4.90 Å². The molecule has 5 heteroatoms. The predicted molar refractivity (Wildman–Crippen MR) is 57.6 cm³/mol. The summed E-state index contributed by atoms with van der Waals surface area (Å²) in [6, 6.07) is 0. The van der Waals surface area contributed by atoms with Crippen LogP contribution in [-0.2, 0) is 4.79 Å². The number of carbonyl (C=O) groups excluding carboxylic acids is 1. The molecule has 1 fully saturated rings. The Morgan fingerprint density at radius 2 is 2.38 bits per heavy atom. The molecule has 0 radical (unpaired) electrons. The van der Waals surface area contributed by atoms with Crippen molar-refractivity contribution in [1.82, 2.24) is 4.90 Å². The lowest BCUT2D eigenvalue weighted by Crippen LogP contribution is -2.48. The van der Waals surface area contributed by atoms with Crippen molar-refractivity contribution in [3.63, 3.8) is 0 Å². The van der Waals surface area contributed by atoms with Gasteiger partial charge in [-0.05, 0) is 18.4 Å². The number of nitrogens with zero attached hydrogens (tertiary/aromatic N) is 1. The second-order valence-corrected chi connectivity index (χ2v) is 4.04. The molecule has 0 spiro atoms. The van der Waals surface area contributed by atoms with Crippen LogP contribution in [0.4, 0.5) is 4.39 Å². The van der Waals surface area contributed by atoms with Crippen molar-refractivity contribution < 1.29 is 19.4 Å². The van der Waals surface area contributed by atoms with Crippen molar-refractivity contribution in [2.24, 2.45) is 5.92 Å². The van der Waals surface area contributed by atoms with Gasteiger partial charge in [-0.1, -0.05) is 13.3 Å². The maximum atomic E-state index is 13.6. The molecule has 1 rings (SSSR count). The van der Waals surface area contributed by atoms with Gasteiger partial charge in [0.05, 0.1) is 12.8 Å². The molecular formula is C11H18FNO3. The van der Waals surface area contributed by atoms with Crippen molar-refractivity contribution in [3.05, 3.63) is 12.3 Å². The Kier molecular flexibility index (Phi) is 4.73. The van der Waals surface area contributed by atoms with Gasteiger partial charge in [-0.2, -0.15) is 0 Å². The number of aliphatic hydroxyl groups excluding tert-OH is 2. The first-order valence-corrected chi connectivity index (χ1v) is 5.52. The van der Waals surface area contributed by atoms with Gasteiger partial charge in [0, 0.05) is 6.54 Å². The quantitative estimate of drug-likeness (QED) is 0.713. The Balaban J connectivity index is 2.54. The summed E-state index contributed by atoms with van der Waals surface area (Å²) in [4.78, 5) is 12.9. The van der Waals surface area contributed by atoms with Gasteiger partial charge in [0.15, 0.2) is 6.10 Å². The minimum atomic E-state index is -1.38. The van der Waals surface area contributed by atoms with Crippen LogP contribution in [-0.4, -0.2) is 46.4 Å². The number of hydrogen-bond acceptors (Lipinski definition) is 3. The number of carbonyl (C=O) groups is 1. The van der Waals surface area contributed by atoms with Crippen molar-refractivity contribution in [1.29, 1.82) is 0 Å². The van der Waals surface area contributed by atoms with Gasteiger partial charge in [-0.25, -0.2) is 4.39 Å². The third kappa shape index (κ3) is 2.95.